The minimum Gasteiger partial charge on any atom is -0.497 e. The molecule has 3 atom stereocenters. The zero-order valence-corrected chi connectivity index (χ0v) is 20.7. The second-order valence-corrected chi connectivity index (χ2v) is 10.7. The van der Waals surface area contributed by atoms with Gasteiger partial charge in [0.2, 0.25) is 6.79 Å². The Morgan fingerprint density at radius 2 is 1.83 bits per heavy atom. The maximum atomic E-state index is 13.4. The highest BCUT2D eigenvalue weighted by molar-refractivity contribution is 7.92. The first-order chi connectivity index (χ1) is 17.5. The van der Waals surface area contributed by atoms with E-state index in [-0.39, 0.29) is 29.6 Å². The van der Waals surface area contributed by atoms with Crippen LogP contribution in [0.4, 0.5) is 11.4 Å². The summed E-state index contributed by atoms with van der Waals surface area (Å²) < 4.78 is 51.0. The summed E-state index contributed by atoms with van der Waals surface area (Å²) in [5.74, 6) is 2.79. The molecule has 0 bridgehead atoms. The molecule has 3 aliphatic rings. The van der Waals surface area contributed by atoms with Gasteiger partial charge < -0.3 is 24.3 Å². The molecule has 0 spiro atoms. The molecule has 0 fully saturated rings. The maximum absolute atomic E-state index is 13.4. The molecule has 9 heteroatoms. The fourth-order valence-corrected chi connectivity index (χ4v) is 6.37. The first-order valence-electron chi connectivity index (χ1n) is 11.7. The van der Waals surface area contributed by atoms with Gasteiger partial charge in [0, 0.05) is 17.7 Å². The smallest absolute Gasteiger partial charge is 0.262 e. The van der Waals surface area contributed by atoms with Crippen molar-refractivity contribution in [2.75, 3.05) is 31.1 Å². The van der Waals surface area contributed by atoms with Gasteiger partial charge in [0.05, 0.1) is 30.8 Å². The third-order valence-electron chi connectivity index (χ3n) is 7.05. The van der Waals surface area contributed by atoms with Crippen LogP contribution in [-0.4, -0.2) is 29.4 Å². The van der Waals surface area contributed by atoms with Crippen LogP contribution in [0.2, 0.25) is 0 Å². The Morgan fingerprint density at radius 1 is 0.972 bits per heavy atom. The van der Waals surface area contributed by atoms with E-state index in [0.29, 0.717) is 17.2 Å². The number of fused-ring (bicyclic) bond motifs is 4. The molecule has 3 aromatic rings. The first-order valence-corrected chi connectivity index (χ1v) is 13.2. The lowest BCUT2D eigenvalue weighted by Gasteiger charge is -2.37. The summed E-state index contributed by atoms with van der Waals surface area (Å²) in [5, 5.41) is 3.65. The van der Waals surface area contributed by atoms with Gasteiger partial charge in [-0.25, -0.2) is 8.42 Å². The molecular formula is C27H26N2O6S. The summed E-state index contributed by atoms with van der Waals surface area (Å²) in [7, 11) is -0.853. The molecule has 0 amide bonds. The molecule has 36 heavy (non-hydrogen) atoms. The summed E-state index contributed by atoms with van der Waals surface area (Å²) in [4.78, 5) is 0.188. The molecule has 6 rings (SSSR count). The number of anilines is 2. The van der Waals surface area contributed by atoms with Crippen molar-refractivity contribution in [1.29, 1.82) is 0 Å². The molecule has 0 unspecified atom stereocenters. The lowest BCUT2D eigenvalue weighted by Crippen LogP contribution is -2.29. The molecule has 3 aromatic carbocycles. The minimum atomic E-state index is -3.87. The van der Waals surface area contributed by atoms with Crippen molar-refractivity contribution in [3.05, 3.63) is 77.9 Å². The second kappa shape index (κ2) is 8.67. The Balaban J connectivity index is 1.33. The molecule has 0 aromatic heterocycles. The number of hydrogen-bond donors (Lipinski definition) is 2. The standard InChI is InChI=1S/C27H26N2O6S/c1-32-17-7-11-24(33-2)23(13-17)29-36(30,31)18-8-9-22-21(14-18)19-4-3-5-20(19)27(28-22)16-6-10-25-26(12-16)35-15-34-25/h3-4,6-14,19-20,27-29H,5,15H2,1-2H3/t19-,20+,27+/m0/s1. The van der Waals surface area contributed by atoms with Crippen LogP contribution < -0.4 is 29.0 Å². The summed E-state index contributed by atoms with van der Waals surface area (Å²) in [5.41, 5.74) is 3.32. The highest BCUT2D eigenvalue weighted by Gasteiger charge is 2.39. The number of nitrogens with one attached hydrogen (secondary N) is 2. The van der Waals surface area contributed by atoms with Gasteiger partial charge in [0.25, 0.3) is 10.0 Å². The Kier molecular flexibility index (Phi) is 5.44. The van der Waals surface area contributed by atoms with Crippen LogP contribution in [-0.2, 0) is 10.0 Å². The molecule has 0 radical (unpaired) electrons. The van der Waals surface area contributed by atoms with E-state index in [1.807, 2.05) is 18.2 Å². The average Bonchev–Trinajstić information content (AvgIpc) is 3.57. The van der Waals surface area contributed by atoms with Gasteiger partial charge >= 0.3 is 0 Å². The number of methoxy groups -OCH3 is 2. The molecule has 2 heterocycles. The second-order valence-electron chi connectivity index (χ2n) is 9.01. The zero-order valence-electron chi connectivity index (χ0n) is 19.9. The van der Waals surface area contributed by atoms with E-state index in [1.54, 1.807) is 30.3 Å². The van der Waals surface area contributed by atoms with Crippen molar-refractivity contribution in [2.24, 2.45) is 5.92 Å². The Morgan fingerprint density at radius 3 is 2.67 bits per heavy atom. The van der Waals surface area contributed by atoms with E-state index in [4.69, 9.17) is 18.9 Å². The molecule has 8 nitrogen and oxygen atoms in total. The molecule has 0 saturated heterocycles. The van der Waals surface area contributed by atoms with Crippen molar-refractivity contribution in [2.45, 2.75) is 23.3 Å². The molecule has 2 aliphatic heterocycles. The molecule has 2 N–H and O–H groups in total. The van der Waals surface area contributed by atoms with Gasteiger partial charge in [-0.2, -0.15) is 0 Å². The lowest BCUT2D eigenvalue weighted by molar-refractivity contribution is 0.174. The quantitative estimate of drug-likeness (QED) is 0.451. The van der Waals surface area contributed by atoms with E-state index < -0.39 is 10.0 Å². The first kappa shape index (κ1) is 22.6. The Bertz CT molecular complexity index is 1470. The van der Waals surface area contributed by atoms with Gasteiger partial charge in [0.15, 0.2) is 11.5 Å². The highest BCUT2D eigenvalue weighted by Crippen LogP contribution is 2.51. The topological polar surface area (TPSA) is 95.1 Å². The van der Waals surface area contributed by atoms with E-state index >= 15 is 0 Å². The fourth-order valence-electron chi connectivity index (χ4n) is 5.27. The largest absolute Gasteiger partial charge is 0.497 e. The minimum absolute atomic E-state index is 0.0635. The van der Waals surface area contributed by atoms with Crippen LogP contribution in [0.15, 0.2) is 71.6 Å². The van der Waals surface area contributed by atoms with Gasteiger partial charge in [-0.1, -0.05) is 18.2 Å². The summed E-state index contributed by atoms with van der Waals surface area (Å²) in [6.45, 7) is 0.236. The van der Waals surface area contributed by atoms with Gasteiger partial charge in [-0.3, -0.25) is 4.72 Å². The number of benzene rings is 3. The third-order valence-corrected chi connectivity index (χ3v) is 8.41. The maximum Gasteiger partial charge on any atom is 0.262 e. The van der Waals surface area contributed by atoms with Crippen molar-refractivity contribution in [1.82, 2.24) is 0 Å². The van der Waals surface area contributed by atoms with E-state index in [2.05, 4.69) is 28.3 Å². The number of ether oxygens (including phenoxy) is 4. The summed E-state index contributed by atoms with van der Waals surface area (Å²) in [6, 6.07) is 16.3. The number of sulfonamides is 1. The summed E-state index contributed by atoms with van der Waals surface area (Å²) >= 11 is 0. The normalized spacial score (nSPS) is 21.3. The predicted octanol–water partition coefficient (Wildman–Crippen LogP) is 5.06. The van der Waals surface area contributed by atoms with E-state index in [9.17, 15) is 8.42 Å². The van der Waals surface area contributed by atoms with Gasteiger partial charge in [-0.05, 0) is 65.9 Å². The van der Waals surface area contributed by atoms with Gasteiger partial charge in [0.1, 0.15) is 11.5 Å². The lowest BCUT2D eigenvalue weighted by atomic mass is 9.77. The average molecular weight is 507 g/mol. The number of allylic oxidation sites excluding steroid dienone is 2. The van der Waals surface area contributed by atoms with Crippen LogP contribution in [0.3, 0.4) is 0 Å². The Hall–Kier alpha value is -3.85. The summed E-state index contributed by atoms with van der Waals surface area (Å²) in [6.07, 6.45) is 5.25. The van der Waals surface area contributed by atoms with Crippen molar-refractivity contribution < 1.29 is 27.4 Å². The van der Waals surface area contributed by atoms with Crippen LogP contribution in [0.25, 0.3) is 0 Å². The molecular weight excluding hydrogens is 480 g/mol. The highest BCUT2D eigenvalue weighted by atomic mass is 32.2. The SMILES string of the molecule is COc1ccc(OC)c(NS(=O)(=O)c2ccc3c(c2)[C@H]2C=CC[C@H]2[C@@H](c2ccc4c(c2)OCO4)N3)c1. The third kappa shape index (κ3) is 3.80. The van der Waals surface area contributed by atoms with Crippen molar-refractivity contribution >= 4 is 21.4 Å². The molecule has 0 saturated carbocycles. The molecule has 1 aliphatic carbocycles. The van der Waals surface area contributed by atoms with Crippen LogP contribution in [0.1, 0.15) is 29.5 Å². The van der Waals surface area contributed by atoms with Crippen LogP contribution >= 0.6 is 0 Å². The van der Waals surface area contributed by atoms with Crippen LogP contribution in [0.5, 0.6) is 23.0 Å². The van der Waals surface area contributed by atoms with Crippen molar-refractivity contribution in [3.8, 4) is 23.0 Å². The van der Waals surface area contributed by atoms with E-state index in [1.165, 1.54) is 14.2 Å². The van der Waals surface area contributed by atoms with Crippen molar-refractivity contribution in [3.63, 3.8) is 0 Å². The molecule has 186 valence electrons. The fraction of sp³-hybridized carbons (Fsp3) is 0.259. The van der Waals surface area contributed by atoms with E-state index in [0.717, 1.165) is 34.7 Å². The zero-order chi connectivity index (χ0) is 24.9. The van der Waals surface area contributed by atoms with Gasteiger partial charge in [-0.15, -0.1) is 0 Å². The van der Waals surface area contributed by atoms with Crippen LogP contribution in [0, 0.1) is 5.92 Å². The number of hydrogen-bond acceptors (Lipinski definition) is 7. The monoisotopic (exact) mass is 506 g/mol. The number of rotatable bonds is 6. The predicted molar refractivity (Wildman–Crippen MR) is 136 cm³/mol. The Labute approximate surface area is 209 Å².